The number of nitrogens with zero attached hydrogens (tertiary/aromatic N) is 5. The van der Waals surface area contributed by atoms with Crippen LogP contribution in [-0.2, 0) is 6.54 Å². The van der Waals surface area contributed by atoms with E-state index in [0.717, 1.165) is 49.0 Å². The number of carboxylic acid groups (broad SMARTS) is 1. The van der Waals surface area contributed by atoms with Gasteiger partial charge in [0.25, 0.3) is 5.56 Å². The molecule has 4 aromatic rings. The van der Waals surface area contributed by atoms with E-state index in [9.17, 15) is 14.7 Å². The maximum atomic E-state index is 14.2. The summed E-state index contributed by atoms with van der Waals surface area (Å²) in [7, 11) is 0. The lowest BCUT2D eigenvalue weighted by atomic mass is 9.99. The van der Waals surface area contributed by atoms with Gasteiger partial charge in [0, 0.05) is 62.0 Å². The lowest BCUT2D eigenvalue weighted by Crippen LogP contribution is -2.38. The van der Waals surface area contributed by atoms with E-state index in [1.165, 1.54) is 10.5 Å². The van der Waals surface area contributed by atoms with Crippen molar-refractivity contribution in [1.29, 1.82) is 0 Å². The summed E-state index contributed by atoms with van der Waals surface area (Å²) >= 11 is 0. The minimum atomic E-state index is -0.917. The summed E-state index contributed by atoms with van der Waals surface area (Å²) < 4.78 is 1.89. The van der Waals surface area contributed by atoms with Gasteiger partial charge in [-0.05, 0) is 48.9 Å². The number of fused-ring (bicyclic) bond motifs is 1. The van der Waals surface area contributed by atoms with E-state index in [1.54, 1.807) is 6.20 Å². The number of aromatic nitrogens is 3. The fourth-order valence-electron chi connectivity index (χ4n) is 6.01. The molecule has 2 aliphatic rings. The molecule has 1 amide bonds. The second kappa shape index (κ2) is 11.1. The molecule has 2 aromatic carbocycles. The molecule has 6 rings (SSSR count). The molecule has 2 saturated heterocycles. The zero-order chi connectivity index (χ0) is 27.6. The quantitative estimate of drug-likeness (QED) is 0.365. The number of anilines is 1. The zero-order valence-electron chi connectivity index (χ0n) is 22.7. The number of amides is 1. The Morgan fingerprint density at radius 3 is 2.48 bits per heavy atom. The second-order valence-corrected chi connectivity index (χ2v) is 10.9. The fraction of sp³-hybridized carbons (Fsp3) is 0.355. The van der Waals surface area contributed by atoms with Crippen LogP contribution in [0.15, 0.2) is 71.7 Å². The Labute approximate surface area is 233 Å². The Bertz CT molecular complexity index is 1580. The standard InChI is InChI=1S/C31H34N6O3/c1-21-7-5-6-10-26(21)27-17-23-18-32-30(33-24-11-16-36(20-24)31(39)40)34-28(23)37(29(27)38)25-12-14-35(15-13-25)19-22-8-3-2-4-9-22/h2-10,17-18,24-25H,11-16,19-20H2,1H3,(H,39,40)(H,32,33,34)/t24-/m0/s1. The molecule has 4 heterocycles. The summed E-state index contributed by atoms with van der Waals surface area (Å²) in [4.78, 5) is 38.8. The van der Waals surface area contributed by atoms with Crippen LogP contribution >= 0.6 is 0 Å². The van der Waals surface area contributed by atoms with Gasteiger partial charge in [0.05, 0.1) is 0 Å². The smallest absolute Gasteiger partial charge is 0.407 e. The predicted molar refractivity (Wildman–Crippen MR) is 156 cm³/mol. The Morgan fingerprint density at radius 2 is 1.75 bits per heavy atom. The Morgan fingerprint density at radius 1 is 1.00 bits per heavy atom. The normalized spacial score (nSPS) is 18.3. The molecule has 9 nitrogen and oxygen atoms in total. The van der Waals surface area contributed by atoms with Crippen molar-refractivity contribution >= 4 is 23.1 Å². The molecule has 9 heteroatoms. The third-order valence-electron chi connectivity index (χ3n) is 8.17. The lowest BCUT2D eigenvalue weighted by Gasteiger charge is -2.33. The monoisotopic (exact) mass is 538 g/mol. The predicted octanol–water partition coefficient (Wildman–Crippen LogP) is 4.77. The number of rotatable bonds is 6. The number of pyridine rings is 1. The van der Waals surface area contributed by atoms with Gasteiger partial charge in [-0.3, -0.25) is 14.3 Å². The highest BCUT2D eigenvalue weighted by Crippen LogP contribution is 2.29. The molecule has 2 aliphatic heterocycles. The van der Waals surface area contributed by atoms with Crippen LogP contribution in [0.5, 0.6) is 0 Å². The minimum absolute atomic E-state index is 0.0164. The second-order valence-electron chi connectivity index (χ2n) is 10.9. The summed E-state index contributed by atoms with van der Waals surface area (Å²) in [6.07, 6.45) is 3.24. The number of hydrogen-bond acceptors (Lipinski definition) is 6. The van der Waals surface area contributed by atoms with Crippen molar-refractivity contribution in [1.82, 2.24) is 24.3 Å². The van der Waals surface area contributed by atoms with Crippen LogP contribution in [0.3, 0.4) is 0 Å². The van der Waals surface area contributed by atoms with Gasteiger partial charge >= 0.3 is 6.09 Å². The van der Waals surface area contributed by atoms with Gasteiger partial charge in [-0.1, -0.05) is 54.6 Å². The summed E-state index contributed by atoms with van der Waals surface area (Å²) in [6.45, 7) is 5.58. The summed E-state index contributed by atoms with van der Waals surface area (Å²) in [5, 5.41) is 13.4. The first-order valence-electron chi connectivity index (χ1n) is 14.0. The van der Waals surface area contributed by atoms with Crippen LogP contribution in [0.25, 0.3) is 22.2 Å². The van der Waals surface area contributed by atoms with E-state index in [4.69, 9.17) is 4.98 Å². The van der Waals surface area contributed by atoms with E-state index in [-0.39, 0.29) is 17.6 Å². The number of piperidine rings is 1. The van der Waals surface area contributed by atoms with Crippen LogP contribution in [0, 0.1) is 6.92 Å². The highest BCUT2D eigenvalue weighted by atomic mass is 16.4. The molecule has 40 heavy (non-hydrogen) atoms. The number of nitrogens with one attached hydrogen (secondary N) is 1. The van der Waals surface area contributed by atoms with E-state index in [2.05, 4.69) is 39.5 Å². The summed E-state index contributed by atoms with van der Waals surface area (Å²) in [5.74, 6) is 0.419. The van der Waals surface area contributed by atoms with E-state index in [1.807, 2.05) is 47.9 Å². The van der Waals surface area contributed by atoms with Gasteiger partial charge < -0.3 is 15.3 Å². The Hall–Kier alpha value is -4.24. The molecule has 0 bridgehead atoms. The number of benzene rings is 2. The van der Waals surface area contributed by atoms with E-state index >= 15 is 0 Å². The van der Waals surface area contributed by atoms with Crippen LogP contribution in [0.1, 0.15) is 36.4 Å². The largest absolute Gasteiger partial charge is 0.465 e. The van der Waals surface area contributed by atoms with E-state index < -0.39 is 6.09 Å². The first-order chi connectivity index (χ1) is 19.5. The molecular weight excluding hydrogens is 504 g/mol. The third kappa shape index (κ3) is 5.29. The van der Waals surface area contributed by atoms with Gasteiger partial charge in [0.2, 0.25) is 5.95 Å². The Kier molecular flexibility index (Phi) is 7.21. The van der Waals surface area contributed by atoms with Crippen molar-refractivity contribution in [3.05, 3.63) is 88.3 Å². The van der Waals surface area contributed by atoms with Crippen molar-refractivity contribution in [2.45, 2.75) is 44.8 Å². The molecule has 0 unspecified atom stereocenters. The fourth-order valence-corrected chi connectivity index (χ4v) is 6.01. The van der Waals surface area contributed by atoms with Crippen molar-refractivity contribution < 1.29 is 9.90 Å². The topological polar surface area (TPSA) is 104 Å². The third-order valence-corrected chi connectivity index (χ3v) is 8.17. The summed E-state index contributed by atoms with van der Waals surface area (Å²) in [5.41, 5.74) is 4.51. The number of carbonyl (C=O) groups is 1. The molecule has 2 N–H and O–H groups in total. The van der Waals surface area contributed by atoms with Gasteiger partial charge in [-0.2, -0.15) is 4.98 Å². The molecule has 1 atom stereocenters. The van der Waals surface area contributed by atoms with Crippen molar-refractivity contribution in [2.75, 3.05) is 31.5 Å². The van der Waals surface area contributed by atoms with Crippen LogP contribution < -0.4 is 10.9 Å². The highest BCUT2D eigenvalue weighted by Gasteiger charge is 2.28. The average molecular weight is 539 g/mol. The number of aryl methyl sites for hydroxylation is 1. The first-order valence-corrected chi connectivity index (χ1v) is 14.0. The minimum Gasteiger partial charge on any atom is -0.465 e. The molecule has 0 aliphatic carbocycles. The molecule has 2 fully saturated rings. The lowest BCUT2D eigenvalue weighted by molar-refractivity contribution is 0.155. The van der Waals surface area contributed by atoms with Crippen LogP contribution in [-0.4, -0.2) is 67.8 Å². The summed E-state index contributed by atoms with van der Waals surface area (Å²) in [6, 6.07) is 20.3. The molecule has 0 spiro atoms. The highest BCUT2D eigenvalue weighted by molar-refractivity contribution is 5.82. The van der Waals surface area contributed by atoms with Crippen LogP contribution in [0.4, 0.5) is 10.7 Å². The van der Waals surface area contributed by atoms with E-state index in [0.29, 0.717) is 36.7 Å². The average Bonchev–Trinajstić information content (AvgIpc) is 3.43. The molecule has 2 aromatic heterocycles. The van der Waals surface area contributed by atoms with Gasteiger partial charge in [-0.25, -0.2) is 9.78 Å². The van der Waals surface area contributed by atoms with Crippen molar-refractivity contribution in [2.24, 2.45) is 0 Å². The van der Waals surface area contributed by atoms with Gasteiger partial charge in [0.1, 0.15) is 5.65 Å². The number of likely N-dealkylation sites (tertiary alicyclic amines) is 2. The Balaban J connectivity index is 1.34. The van der Waals surface area contributed by atoms with Crippen molar-refractivity contribution in [3.8, 4) is 11.1 Å². The van der Waals surface area contributed by atoms with Crippen molar-refractivity contribution in [3.63, 3.8) is 0 Å². The molecule has 206 valence electrons. The maximum absolute atomic E-state index is 14.2. The molecular formula is C31H34N6O3. The maximum Gasteiger partial charge on any atom is 0.407 e. The number of hydrogen-bond donors (Lipinski definition) is 2. The van der Waals surface area contributed by atoms with Crippen LogP contribution in [0.2, 0.25) is 0 Å². The van der Waals surface area contributed by atoms with Gasteiger partial charge in [0.15, 0.2) is 0 Å². The van der Waals surface area contributed by atoms with Gasteiger partial charge in [-0.15, -0.1) is 0 Å². The SMILES string of the molecule is Cc1ccccc1-c1cc2cnc(N[C@H]3CCN(C(=O)O)C3)nc2n(C2CCN(Cc3ccccc3)CC2)c1=O. The zero-order valence-corrected chi connectivity index (χ0v) is 22.7. The molecule has 0 saturated carbocycles. The first kappa shape index (κ1) is 26.0. The molecule has 0 radical (unpaired) electrons.